The van der Waals surface area contributed by atoms with Crippen molar-refractivity contribution < 1.29 is 82.4 Å². The van der Waals surface area contributed by atoms with Gasteiger partial charge in [0.2, 0.25) is 0 Å². The molecule has 0 spiro atoms. The Labute approximate surface area is 400 Å². The van der Waals surface area contributed by atoms with Gasteiger partial charge in [0.1, 0.15) is 61.5 Å². The summed E-state index contributed by atoms with van der Waals surface area (Å²) in [5, 5.41) is 62.8. The first-order valence-electron chi connectivity index (χ1n) is 25.8. The van der Waals surface area contributed by atoms with E-state index in [1.165, 1.54) is 103 Å². The molecule has 1 heterocycles. The van der Waals surface area contributed by atoms with Crippen LogP contribution in [0.2, 0.25) is 0 Å². The van der Waals surface area contributed by atoms with Gasteiger partial charge in [0.05, 0.1) is 19.3 Å². The van der Waals surface area contributed by atoms with E-state index in [-0.39, 0.29) is 12.8 Å². The smallest absolute Gasteiger partial charge is 0.462 e. The van der Waals surface area contributed by atoms with E-state index in [2.05, 4.69) is 13.8 Å². The highest BCUT2D eigenvalue weighted by Gasteiger charge is 2.56. The van der Waals surface area contributed by atoms with E-state index in [9.17, 15) is 49.7 Å². The quantitative estimate of drug-likeness (QED) is 0.0194. The van der Waals surface area contributed by atoms with E-state index in [4.69, 9.17) is 38.5 Å². The first-order valence-corrected chi connectivity index (χ1v) is 27.3. The third-order valence-corrected chi connectivity index (χ3v) is 13.9. The highest BCUT2D eigenvalue weighted by atomic mass is 31.2. The molecule has 0 bridgehead atoms. The third kappa shape index (κ3) is 25.0. The van der Waals surface area contributed by atoms with Crippen molar-refractivity contribution in [3.63, 3.8) is 0 Å². The summed E-state index contributed by atoms with van der Waals surface area (Å²) < 4.78 is 51.9. The number of nitrogens with two attached hydrogens (primary N) is 1. The van der Waals surface area contributed by atoms with Crippen molar-refractivity contribution in [1.29, 1.82) is 0 Å². The fourth-order valence-electron chi connectivity index (χ4n) is 8.65. The van der Waals surface area contributed by atoms with Crippen LogP contribution in [0.15, 0.2) is 0 Å². The molecule has 396 valence electrons. The van der Waals surface area contributed by atoms with Crippen molar-refractivity contribution in [3.8, 4) is 0 Å². The van der Waals surface area contributed by atoms with Crippen molar-refractivity contribution in [2.24, 2.45) is 5.73 Å². The summed E-state index contributed by atoms with van der Waals surface area (Å²) in [4.78, 5) is 36.8. The minimum atomic E-state index is -5.27. The van der Waals surface area contributed by atoms with E-state index in [0.717, 1.165) is 58.5 Å². The molecule has 1 saturated heterocycles. The molecule has 2 fully saturated rings. The zero-order chi connectivity index (χ0) is 49.5. The number of phosphoric acid groups is 1. The highest BCUT2D eigenvalue weighted by Crippen LogP contribution is 2.48. The van der Waals surface area contributed by atoms with Gasteiger partial charge in [-0.3, -0.25) is 18.6 Å². The number of hydrogen-bond donors (Lipinski definition) is 8. The zero-order valence-corrected chi connectivity index (χ0v) is 42.0. The normalized spacial score (nSPS) is 28.0. The van der Waals surface area contributed by atoms with Gasteiger partial charge in [-0.05, 0) is 12.8 Å². The number of hydrogen-bond acceptors (Lipinski definition) is 17. The SMILES string of the molecule is CCCCCCCCCCCCCCCC(=O)OC[C@H](COP(=O)(O)O[C@@H]1[C@@H](O[C@H]2O[C@H](CO)[C@H](O)[C@H](O)[C@H]2N)[C@H](O)[C@@H](O)[C@H](O)[C@@H]1OC)OC(=O)CCCCCCCCCCCCCCC. The first-order chi connectivity index (χ1) is 32.2. The van der Waals surface area contributed by atoms with Gasteiger partial charge < -0.3 is 65.0 Å². The molecule has 0 amide bonds. The first kappa shape index (κ1) is 61.8. The predicted octanol–water partition coefficient (Wildman–Crippen LogP) is 6.17. The van der Waals surface area contributed by atoms with E-state index in [1.807, 2.05) is 0 Å². The lowest BCUT2D eigenvalue weighted by atomic mass is 9.84. The van der Waals surface area contributed by atoms with Gasteiger partial charge in [-0.2, -0.15) is 0 Å². The van der Waals surface area contributed by atoms with Gasteiger partial charge in [-0.15, -0.1) is 0 Å². The Morgan fingerprint density at radius 2 is 1.01 bits per heavy atom. The molecular weight excluding hydrogens is 893 g/mol. The van der Waals surface area contributed by atoms with E-state index >= 15 is 0 Å². The molecule has 2 rings (SSSR count). The van der Waals surface area contributed by atoms with Gasteiger partial charge in [0.25, 0.3) is 0 Å². The van der Waals surface area contributed by atoms with Crippen LogP contribution in [0.25, 0.3) is 0 Å². The summed E-state index contributed by atoms with van der Waals surface area (Å²) in [5.74, 6) is -1.14. The molecular formula is C48H92NO17P. The van der Waals surface area contributed by atoms with Crippen LogP contribution in [0.1, 0.15) is 194 Å². The van der Waals surface area contributed by atoms with E-state index in [0.29, 0.717) is 12.8 Å². The van der Waals surface area contributed by atoms with Crippen LogP contribution in [-0.2, 0) is 46.9 Å². The van der Waals surface area contributed by atoms with Crippen LogP contribution in [0.4, 0.5) is 0 Å². The second kappa shape index (κ2) is 36.6. The average Bonchev–Trinajstić information content (AvgIpc) is 3.30. The van der Waals surface area contributed by atoms with Gasteiger partial charge in [0.15, 0.2) is 12.4 Å². The Kier molecular flexibility index (Phi) is 33.7. The number of aliphatic hydroxyl groups is 6. The summed E-state index contributed by atoms with van der Waals surface area (Å²) in [6.45, 7) is 2.43. The van der Waals surface area contributed by atoms with Crippen molar-refractivity contribution in [3.05, 3.63) is 0 Å². The molecule has 9 N–H and O–H groups in total. The number of methoxy groups -OCH3 is 1. The summed E-state index contributed by atoms with van der Waals surface area (Å²) in [6, 6.07) is -1.48. The molecule has 0 radical (unpaired) electrons. The van der Waals surface area contributed by atoms with E-state index < -0.39 is 113 Å². The van der Waals surface area contributed by atoms with Crippen LogP contribution in [0.3, 0.4) is 0 Å². The van der Waals surface area contributed by atoms with Crippen molar-refractivity contribution in [2.75, 3.05) is 26.9 Å². The fourth-order valence-corrected chi connectivity index (χ4v) is 9.62. The lowest BCUT2D eigenvalue weighted by Crippen LogP contribution is -2.68. The molecule has 0 aromatic carbocycles. The number of aliphatic hydroxyl groups excluding tert-OH is 6. The second-order valence-electron chi connectivity index (χ2n) is 18.7. The highest BCUT2D eigenvalue weighted by molar-refractivity contribution is 7.47. The van der Waals surface area contributed by atoms with Gasteiger partial charge in [-0.25, -0.2) is 4.57 Å². The minimum absolute atomic E-state index is 0.0669. The standard InChI is InChI=1S/C48H92NO17P/c1-4-6-8-10-12-14-16-18-20-22-24-26-28-30-37(51)61-33-35(63-38(52)31-29-27-25-23-21-19-17-15-13-11-9-7-5-2)34-62-67(58,59)66-47-45(60-3)43(56)42(55)44(57)46(47)65-48-39(49)41(54)40(53)36(32-50)64-48/h35-36,39-48,50,53-57H,4-34,49H2,1-3H3,(H,58,59)/t35-,36-,39-,40+,41-,42+,43+,44-,45+,46+,47+,48-/m1/s1. The van der Waals surface area contributed by atoms with Gasteiger partial charge >= 0.3 is 19.8 Å². The summed E-state index contributed by atoms with van der Waals surface area (Å²) in [7, 11) is -4.17. The topological polar surface area (TPSA) is 283 Å². The maximum Gasteiger partial charge on any atom is 0.472 e. The maximum absolute atomic E-state index is 13.6. The second-order valence-corrected chi connectivity index (χ2v) is 20.1. The van der Waals surface area contributed by atoms with Crippen LogP contribution in [0, 0.1) is 0 Å². The van der Waals surface area contributed by atoms with Gasteiger partial charge in [-0.1, -0.05) is 168 Å². The van der Waals surface area contributed by atoms with Crippen LogP contribution in [0.5, 0.6) is 0 Å². The molecule has 13 atom stereocenters. The number of ether oxygens (including phenoxy) is 5. The molecule has 0 aromatic heterocycles. The predicted molar refractivity (Wildman–Crippen MR) is 252 cm³/mol. The Balaban J connectivity index is 1.98. The number of carbonyl (C=O) groups excluding carboxylic acids is 2. The lowest BCUT2D eigenvalue weighted by Gasteiger charge is -2.48. The van der Waals surface area contributed by atoms with Crippen molar-refractivity contribution in [1.82, 2.24) is 0 Å². The van der Waals surface area contributed by atoms with Crippen LogP contribution < -0.4 is 5.73 Å². The fraction of sp³-hybridized carbons (Fsp3) is 0.958. The monoisotopic (exact) mass is 986 g/mol. The Morgan fingerprint density at radius 1 is 0.582 bits per heavy atom. The molecule has 18 nitrogen and oxygen atoms in total. The molecule has 1 aliphatic carbocycles. The van der Waals surface area contributed by atoms with Crippen molar-refractivity contribution in [2.45, 2.75) is 267 Å². The third-order valence-electron chi connectivity index (χ3n) is 12.9. The zero-order valence-electron chi connectivity index (χ0n) is 41.1. The Hall–Kier alpha value is -1.35. The van der Waals surface area contributed by atoms with Crippen LogP contribution >= 0.6 is 7.82 Å². The lowest BCUT2D eigenvalue weighted by molar-refractivity contribution is -0.316. The van der Waals surface area contributed by atoms with Crippen molar-refractivity contribution >= 4 is 19.8 Å². The number of phosphoric ester groups is 1. The number of esters is 2. The summed E-state index contributed by atoms with van der Waals surface area (Å²) in [5.41, 5.74) is 6.02. The largest absolute Gasteiger partial charge is 0.472 e. The molecule has 19 heteroatoms. The Bertz CT molecular complexity index is 1320. The average molecular weight is 986 g/mol. The number of rotatable bonds is 40. The Morgan fingerprint density at radius 3 is 1.46 bits per heavy atom. The summed E-state index contributed by atoms with van der Waals surface area (Å²) >= 11 is 0. The van der Waals surface area contributed by atoms with Crippen LogP contribution in [-0.4, -0.2) is 148 Å². The minimum Gasteiger partial charge on any atom is -0.462 e. The molecule has 0 aromatic rings. The van der Waals surface area contributed by atoms with E-state index in [1.54, 1.807) is 0 Å². The molecule has 67 heavy (non-hydrogen) atoms. The molecule has 2 aliphatic rings. The molecule has 1 saturated carbocycles. The molecule has 1 unspecified atom stereocenters. The molecule has 1 aliphatic heterocycles. The summed E-state index contributed by atoms with van der Waals surface area (Å²) in [6.07, 6.45) is 11.0. The maximum atomic E-state index is 13.6. The number of unbranched alkanes of at least 4 members (excludes halogenated alkanes) is 24. The number of carbonyl (C=O) groups is 2. The van der Waals surface area contributed by atoms with Gasteiger partial charge in [0, 0.05) is 20.0 Å².